The molecule has 0 aromatic carbocycles. The lowest BCUT2D eigenvalue weighted by molar-refractivity contribution is -0.114. The number of pyridine rings is 1. The summed E-state index contributed by atoms with van der Waals surface area (Å²) in [5.41, 5.74) is 3.60. The minimum atomic E-state index is -0.105. The fourth-order valence-corrected chi connectivity index (χ4v) is 1.74. The fourth-order valence-electron chi connectivity index (χ4n) is 1.74. The van der Waals surface area contributed by atoms with Crippen molar-refractivity contribution in [3.63, 3.8) is 0 Å². The van der Waals surface area contributed by atoms with Gasteiger partial charge in [0.2, 0.25) is 5.91 Å². The number of nitrogens with one attached hydrogen (secondary N) is 1. The van der Waals surface area contributed by atoms with E-state index in [1.165, 1.54) is 6.92 Å². The number of nitrogens with zero attached hydrogens (tertiary/aromatic N) is 3. The average Bonchev–Trinajstić information content (AvgIpc) is 2.70. The topological polar surface area (TPSA) is 59.8 Å². The molecule has 0 fully saturated rings. The van der Waals surface area contributed by atoms with E-state index in [-0.39, 0.29) is 5.91 Å². The van der Waals surface area contributed by atoms with Gasteiger partial charge in [0.1, 0.15) is 0 Å². The number of anilines is 1. The number of carbonyl (C=O) groups excluding carboxylic acids is 1. The molecular formula is C14H20N4O. The van der Waals surface area contributed by atoms with Crippen molar-refractivity contribution in [2.45, 2.75) is 27.7 Å². The molecule has 0 saturated carbocycles. The second kappa shape index (κ2) is 6.68. The molecule has 0 bridgehead atoms. The van der Waals surface area contributed by atoms with Gasteiger partial charge in [-0.15, -0.1) is 0 Å². The maximum atomic E-state index is 11.0. The Hall–Kier alpha value is -2.17. The summed E-state index contributed by atoms with van der Waals surface area (Å²) in [5.74, 6) is -0.105. The molecule has 102 valence electrons. The van der Waals surface area contributed by atoms with Crippen LogP contribution >= 0.6 is 0 Å². The third-order valence-electron chi connectivity index (χ3n) is 2.38. The highest BCUT2D eigenvalue weighted by Gasteiger charge is 2.07. The predicted molar refractivity (Wildman–Crippen MR) is 76.8 cm³/mol. The summed E-state index contributed by atoms with van der Waals surface area (Å²) >= 11 is 0. The number of amides is 1. The van der Waals surface area contributed by atoms with Crippen molar-refractivity contribution < 1.29 is 4.79 Å². The minimum Gasteiger partial charge on any atom is -0.325 e. The molecule has 0 aliphatic rings. The van der Waals surface area contributed by atoms with Gasteiger partial charge in [0.05, 0.1) is 17.6 Å². The van der Waals surface area contributed by atoms with Crippen LogP contribution in [0.4, 0.5) is 5.69 Å². The molecule has 2 heterocycles. The van der Waals surface area contributed by atoms with Crippen LogP contribution in [0, 0.1) is 6.92 Å². The zero-order chi connectivity index (χ0) is 14.4. The Labute approximate surface area is 113 Å². The van der Waals surface area contributed by atoms with Crippen LogP contribution in [0.15, 0.2) is 24.7 Å². The van der Waals surface area contributed by atoms with E-state index in [1.54, 1.807) is 17.1 Å². The van der Waals surface area contributed by atoms with Gasteiger partial charge in [-0.2, -0.15) is 5.10 Å². The van der Waals surface area contributed by atoms with Gasteiger partial charge in [0, 0.05) is 37.5 Å². The molecule has 0 atom stereocenters. The highest BCUT2D eigenvalue weighted by Crippen LogP contribution is 2.23. The van der Waals surface area contributed by atoms with Gasteiger partial charge in [-0.05, 0) is 13.0 Å². The molecule has 1 N–H and O–H groups in total. The van der Waals surface area contributed by atoms with Gasteiger partial charge in [-0.1, -0.05) is 13.8 Å². The molecule has 1 amide bonds. The summed E-state index contributed by atoms with van der Waals surface area (Å²) < 4.78 is 1.76. The van der Waals surface area contributed by atoms with Gasteiger partial charge >= 0.3 is 0 Å². The van der Waals surface area contributed by atoms with Gasteiger partial charge in [0.25, 0.3) is 0 Å². The van der Waals surface area contributed by atoms with Crippen LogP contribution in [-0.2, 0) is 11.8 Å². The summed E-state index contributed by atoms with van der Waals surface area (Å²) in [5, 5.41) is 6.99. The molecule has 5 nitrogen and oxygen atoms in total. The number of aromatic nitrogens is 3. The lowest BCUT2D eigenvalue weighted by Gasteiger charge is -2.04. The summed E-state index contributed by atoms with van der Waals surface area (Å²) in [7, 11) is 1.88. The van der Waals surface area contributed by atoms with Crippen molar-refractivity contribution in [3.05, 3.63) is 30.4 Å². The van der Waals surface area contributed by atoms with Crippen LogP contribution in [-0.4, -0.2) is 20.7 Å². The third kappa shape index (κ3) is 3.91. The Kier molecular flexibility index (Phi) is 5.23. The minimum absolute atomic E-state index is 0.105. The van der Waals surface area contributed by atoms with Crippen LogP contribution in [0.3, 0.4) is 0 Å². The molecule has 0 unspecified atom stereocenters. The fraction of sp³-hybridized carbons (Fsp3) is 0.357. The molecule has 2 aromatic heterocycles. The lowest BCUT2D eigenvalue weighted by Crippen LogP contribution is -2.05. The first-order chi connectivity index (χ1) is 9.06. The van der Waals surface area contributed by atoms with Gasteiger partial charge < -0.3 is 5.32 Å². The van der Waals surface area contributed by atoms with Crippen molar-refractivity contribution in [3.8, 4) is 11.1 Å². The summed E-state index contributed by atoms with van der Waals surface area (Å²) in [6, 6.07) is 1.89. The van der Waals surface area contributed by atoms with E-state index in [0.29, 0.717) is 5.69 Å². The quantitative estimate of drug-likeness (QED) is 0.903. The molecule has 2 aromatic rings. The maximum Gasteiger partial charge on any atom is 0.221 e. The smallest absolute Gasteiger partial charge is 0.221 e. The summed E-state index contributed by atoms with van der Waals surface area (Å²) in [6.07, 6.45) is 5.32. The van der Waals surface area contributed by atoms with Crippen molar-refractivity contribution in [2.75, 3.05) is 5.32 Å². The molecule has 0 aliphatic heterocycles. The van der Waals surface area contributed by atoms with E-state index in [9.17, 15) is 4.79 Å². The molecule has 19 heavy (non-hydrogen) atoms. The first-order valence-electron chi connectivity index (χ1n) is 6.29. The standard InChI is InChI=1S/C12H14N4O.C2H6/c1-8-12(7-16(3)15-8)10-4-11(6-13-5-10)14-9(2)17;1-2/h4-7H,1-3H3,(H,14,17);1-2H3. The molecule has 0 aliphatic carbocycles. The SMILES string of the molecule is CC.CC(=O)Nc1cncc(-c2cn(C)nc2C)c1. The molecule has 0 saturated heterocycles. The Morgan fingerprint density at radius 1 is 1.32 bits per heavy atom. The Bertz CT molecular complexity index is 560. The lowest BCUT2D eigenvalue weighted by atomic mass is 10.1. The number of rotatable bonds is 2. The van der Waals surface area contributed by atoms with E-state index in [0.717, 1.165) is 16.8 Å². The number of hydrogen-bond acceptors (Lipinski definition) is 3. The van der Waals surface area contributed by atoms with Crippen LogP contribution in [0.2, 0.25) is 0 Å². The largest absolute Gasteiger partial charge is 0.325 e. The van der Waals surface area contributed by atoms with Gasteiger partial charge in [-0.3, -0.25) is 14.5 Å². The van der Waals surface area contributed by atoms with Gasteiger partial charge in [-0.25, -0.2) is 0 Å². The van der Waals surface area contributed by atoms with Crippen LogP contribution in [0.5, 0.6) is 0 Å². The molecular weight excluding hydrogens is 240 g/mol. The van der Waals surface area contributed by atoms with Crippen molar-refractivity contribution in [1.82, 2.24) is 14.8 Å². The van der Waals surface area contributed by atoms with E-state index in [1.807, 2.05) is 40.1 Å². The van der Waals surface area contributed by atoms with E-state index < -0.39 is 0 Å². The average molecular weight is 260 g/mol. The van der Waals surface area contributed by atoms with Crippen LogP contribution in [0.25, 0.3) is 11.1 Å². The highest BCUT2D eigenvalue weighted by molar-refractivity contribution is 5.89. The second-order valence-corrected chi connectivity index (χ2v) is 3.95. The number of carbonyl (C=O) groups is 1. The zero-order valence-electron chi connectivity index (χ0n) is 12.1. The zero-order valence-corrected chi connectivity index (χ0v) is 12.1. The monoisotopic (exact) mass is 260 g/mol. The van der Waals surface area contributed by atoms with Crippen LogP contribution in [0.1, 0.15) is 26.5 Å². The van der Waals surface area contributed by atoms with Gasteiger partial charge in [0.15, 0.2) is 0 Å². The first kappa shape index (κ1) is 14.9. The van der Waals surface area contributed by atoms with E-state index in [2.05, 4.69) is 15.4 Å². The molecule has 2 rings (SSSR count). The van der Waals surface area contributed by atoms with Crippen molar-refractivity contribution >= 4 is 11.6 Å². The first-order valence-corrected chi connectivity index (χ1v) is 6.29. The van der Waals surface area contributed by atoms with Crippen molar-refractivity contribution in [1.29, 1.82) is 0 Å². The molecule has 0 radical (unpaired) electrons. The summed E-state index contributed by atoms with van der Waals surface area (Å²) in [4.78, 5) is 15.1. The number of hydrogen-bond donors (Lipinski definition) is 1. The number of aryl methyl sites for hydroxylation is 2. The Balaban J connectivity index is 0.000000861. The highest BCUT2D eigenvalue weighted by atomic mass is 16.1. The van der Waals surface area contributed by atoms with Crippen molar-refractivity contribution in [2.24, 2.45) is 7.05 Å². The van der Waals surface area contributed by atoms with Crippen LogP contribution < -0.4 is 5.32 Å². The maximum absolute atomic E-state index is 11.0. The normalized spacial score (nSPS) is 9.53. The second-order valence-electron chi connectivity index (χ2n) is 3.95. The summed E-state index contributed by atoms with van der Waals surface area (Å²) in [6.45, 7) is 7.42. The van der Waals surface area contributed by atoms with E-state index in [4.69, 9.17) is 0 Å². The predicted octanol–water partition coefficient (Wildman–Crippen LogP) is 2.78. The Morgan fingerprint density at radius 3 is 2.53 bits per heavy atom. The molecule has 5 heteroatoms. The molecule has 0 spiro atoms. The Morgan fingerprint density at radius 2 is 2.00 bits per heavy atom. The van der Waals surface area contributed by atoms with E-state index >= 15 is 0 Å². The third-order valence-corrected chi connectivity index (χ3v) is 2.38.